The number of aromatic nitrogens is 2. The number of aryl methyl sites for hydroxylation is 1. The molecule has 0 unspecified atom stereocenters. The SMILES string of the molecule is Cc1nc2ccccc2c(=O)n1CC(=O)N(C)CC(=O)Nc1ccc(N2CCOCC2)cc1. The van der Waals surface area contributed by atoms with E-state index in [1.54, 1.807) is 25.1 Å². The molecule has 3 aromatic rings. The molecule has 1 aromatic heterocycles. The number of nitrogens with one attached hydrogen (secondary N) is 1. The van der Waals surface area contributed by atoms with Crippen molar-refractivity contribution in [2.24, 2.45) is 0 Å². The maximum absolute atomic E-state index is 12.8. The van der Waals surface area contributed by atoms with Gasteiger partial charge in [-0.25, -0.2) is 4.98 Å². The number of morpholine rings is 1. The molecule has 1 N–H and O–H groups in total. The summed E-state index contributed by atoms with van der Waals surface area (Å²) in [5.74, 6) is -0.217. The van der Waals surface area contributed by atoms with Crippen LogP contribution in [-0.4, -0.2) is 66.2 Å². The first-order valence-corrected chi connectivity index (χ1v) is 10.8. The lowest BCUT2D eigenvalue weighted by molar-refractivity contribution is -0.133. The fourth-order valence-electron chi connectivity index (χ4n) is 3.80. The van der Waals surface area contributed by atoms with Crippen LogP contribution in [0.3, 0.4) is 0 Å². The van der Waals surface area contributed by atoms with Crippen molar-refractivity contribution in [1.29, 1.82) is 0 Å². The molecule has 0 atom stereocenters. The summed E-state index contributed by atoms with van der Waals surface area (Å²) in [4.78, 5) is 45.9. The number of likely N-dealkylation sites (N-methyl/N-ethyl adjacent to an activating group) is 1. The number of nitrogens with zero attached hydrogens (tertiary/aromatic N) is 4. The predicted octanol–water partition coefficient (Wildman–Crippen LogP) is 1.64. The summed E-state index contributed by atoms with van der Waals surface area (Å²) in [6.07, 6.45) is 0. The summed E-state index contributed by atoms with van der Waals surface area (Å²) < 4.78 is 6.71. The Morgan fingerprint density at radius 3 is 2.52 bits per heavy atom. The molecule has 0 bridgehead atoms. The fraction of sp³-hybridized carbons (Fsp3) is 0.333. The number of para-hydroxylation sites is 1. The topological polar surface area (TPSA) is 96.8 Å². The molecule has 0 radical (unpaired) electrons. The lowest BCUT2D eigenvalue weighted by Gasteiger charge is -2.28. The molecule has 1 fully saturated rings. The van der Waals surface area contributed by atoms with Crippen LogP contribution < -0.4 is 15.8 Å². The van der Waals surface area contributed by atoms with Crippen LogP contribution in [0.15, 0.2) is 53.3 Å². The normalized spacial score (nSPS) is 13.7. The molecule has 33 heavy (non-hydrogen) atoms. The minimum absolute atomic E-state index is 0.126. The van der Waals surface area contributed by atoms with E-state index in [4.69, 9.17) is 4.74 Å². The van der Waals surface area contributed by atoms with Crippen molar-refractivity contribution in [3.63, 3.8) is 0 Å². The molecule has 9 heteroatoms. The number of hydrogen-bond acceptors (Lipinski definition) is 6. The fourth-order valence-corrected chi connectivity index (χ4v) is 3.80. The van der Waals surface area contributed by atoms with Gasteiger partial charge in [-0.3, -0.25) is 19.0 Å². The van der Waals surface area contributed by atoms with Crippen molar-refractivity contribution >= 4 is 34.1 Å². The summed E-state index contributed by atoms with van der Waals surface area (Å²) in [7, 11) is 1.54. The second kappa shape index (κ2) is 9.83. The van der Waals surface area contributed by atoms with Crippen LogP contribution in [0.5, 0.6) is 0 Å². The highest BCUT2D eigenvalue weighted by Crippen LogP contribution is 2.19. The smallest absolute Gasteiger partial charge is 0.261 e. The van der Waals surface area contributed by atoms with Crippen molar-refractivity contribution < 1.29 is 14.3 Å². The van der Waals surface area contributed by atoms with E-state index in [0.717, 1.165) is 18.8 Å². The molecule has 2 heterocycles. The number of anilines is 2. The van der Waals surface area contributed by atoms with E-state index in [0.29, 0.717) is 35.6 Å². The number of carbonyl (C=O) groups is 2. The van der Waals surface area contributed by atoms with Gasteiger partial charge in [0.15, 0.2) is 0 Å². The third-order valence-corrected chi connectivity index (χ3v) is 5.68. The van der Waals surface area contributed by atoms with Crippen molar-refractivity contribution in [3.05, 3.63) is 64.7 Å². The van der Waals surface area contributed by atoms with Crippen molar-refractivity contribution in [2.45, 2.75) is 13.5 Å². The van der Waals surface area contributed by atoms with Gasteiger partial charge in [-0.15, -0.1) is 0 Å². The number of ether oxygens (including phenoxy) is 1. The van der Waals surface area contributed by atoms with Crippen LogP contribution in [0.4, 0.5) is 11.4 Å². The van der Waals surface area contributed by atoms with Gasteiger partial charge in [0.05, 0.1) is 30.7 Å². The number of amides is 2. The zero-order valence-corrected chi connectivity index (χ0v) is 18.8. The molecule has 1 aliphatic rings. The van der Waals surface area contributed by atoms with Crippen LogP contribution in [0, 0.1) is 6.92 Å². The van der Waals surface area contributed by atoms with E-state index >= 15 is 0 Å². The van der Waals surface area contributed by atoms with Crippen molar-refractivity contribution in [2.75, 3.05) is 50.1 Å². The monoisotopic (exact) mass is 449 g/mol. The number of fused-ring (bicyclic) bond motifs is 1. The van der Waals surface area contributed by atoms with Gasteiger partial charge in [-0.05, 0) is 43.3 Å². The van der Waals surface area contributed by atoms with Gasteiger partial charge in [0.2, 0.25) is 11.8 Å². The highest BCUT2D eigenvalue weighted by molar-refractivity contribution is 5.94. The standard InChI is InChI=1S/C24H27N5O4/c1-17-25-21-6-4-3-5-20(21)24(32)29(17)16-23(31)27(2)15-22(30)26-18-7-9-19(10-8-18)28-11-13-33-14-12-28/h3-10H,11-16H2,1-2H3,(H,26,30). The molecule has 1 aliphatic heterocycles. The Bertz CT molecular complexity index is 1220. The lowest BCUT2D eigenvalue weighted by atomic mass is 10.2. The Labute approximate surface area is 191 Å². The predicted molar refractivity (Wildman–Crippen MR) is 126 cm³/mol. The average molecular weight is 450 g/mol. The number of carbonyl (C=O) groups excluding carboxylic acids is 2. The summed E-state index contributed by atoms with van der Waals surface area (Å²) in [5, 5.41) is 3.27. The molecule has 172 valence electrons. The first kappa shape index (κ1) is 22.5. The lowest BCUT2D eigenvalue weighted by Crippen LogP contribution is -2.39. The number of hydrogen-bond donors (Lipinski definition) is 1. The zero-order valence-electron chi connectivity index (χ0n) is 18.8. The van der Waals surface area contributed by atoms with Gasteiger partial charge in [0, 0.05) is 31.5 Å². The van der Waals surface area contributed by atoms with Crippen LogP contribution in [0.1, 0.15) is 5.82 Å². The minimum Gasteiger partial charge on any atom is -0.378 e. The molecule has 1 saturated heterocycles. The van der Waals surface area contributed by atoms with Crippen molar-refractivity contribution in [3.8, 4) is 0 Å². The van der Waals surface area contributed by atoms with Gasteiger partial charge in [0.25, 0.3) is 5.56 Å². The summed E-state index contributed by atoms with van der Waals surface area (Å²) in [6, 6.07) is 14.6. The van der Waals surface area contributed by atoms with Gasteiger partial charge in [0.1, 0.15) is 12.4 Å². The second-order valence-electron chi connectivity index (χ2n) is 8.01. The average Bonchev–Trinajstić information content (AvgIpc) is 2.82. The largest absolute Gasteiger partial charge is 0.378 e. The molecule has 2 aromatic carbocycles. The van der Waals surface area contributed by atoms with Gasteiger partial charge >= 0.3 is 0 Å². The quantitative estimate of drug-likeness (QED) is 0.615. The highest BCUT2D eigenvalue weighted by atomic mass is 16.5. The first-order valence-electron chi connectivity index (χ1n) is 10.8. The molecule has 2 amide bonds. The van der Waals surface area contributed by atoms with E-state index < -0.39 is 0 Å². The minimum atomic E-state index is -0.352. The Morgan fingerprint density at radius 1 is 1.09 bits per heavy atom. The molecule has 0 saturated carbocycles. The first-order chi connectivity index (χ1) is 15.9. The Hall–Kier alpha value is -3.72. The molecule has 0 spiro atoms. The van der Waals surface area contributed by atoms with E-state index in [1.165, 1.54) is 16.5 Å². The van der Waals surface area contributed by atoms with Crippen LogP contribution in [0.2, 0.25) is 0 Å². The second-order valence-corrected chi connectivity index (χ2v) is 8.01. The van der Waals surface area contributed by atoms with E-state index in [2.05, 4.69) is 15.2 Å². The van der Waals surface area contributed by atoms with Crippen molar-refractivity contribution in [1.82, 2.24) is 14.5 Å². The summed E-state index contributed by atoms with van der Waals surface area (Å²) in [6.45, 7) is 4.48. The maximum atomic E-state index is 12.8. The van der Waals surface area contributed by atoms with E-state index in [1.807, 2.05) is 30.3 Å². The Kier molecular flexibility index (Phi) is 6.69. The number of rotatable bonds is 6. The van der Waals surface area contributed by atoms with Gasteiger partial charge in [-0.2, -0.15) is 0 Å². The molecule has 9 nitrogen and oxygen atoms in total. The molecule has 0 aliphatic carbocycles. The van der Waals surface area contributed by atoms with E-state index in [9.17, 15) is 14.4 Å². The van der Waals surface area contributed by atoms with Crippen LogP contribution >= 0.6 is 0 Å². The van der Waals surface area contributed by atoms with Gasteiger partial charge in [-0.1, -0.05) is 12.1 Å². The third-order valence-electron chi connectivity index (χ3n) is 5.68. The Balaban J connectivity index is 1.35. The molecular weight excluding hydrogens is 422 g/mol. The third kappa shape index (κ3) is 5.20. The highest BCUT2D eigenvalue weighted by Gasteiger charge is 2.17. The summed E-state index contributed by atoms with van der Waals surface area (Å²) >= 11 is 0. The van der Waals surface area contributed by atoms with Gasteiger partial charge < -0.3 is 19.9 Å². The summed E-state index contributed by atoms with van der Waals surface area (Å²) in [5.41, 5.74) is 2.05. The molecular formula is C24H27N5O4. The van der Waals surface area contributed by atoms with Crippen LogP contribution in [-0.2, 0) is 20.9 Å². The molecule has 4 rings (SSSR count). The zero-order chi connectivity index (χ0) is 23.4. The van der Waals surface area contributed by atoms with Crippen LogP contribution in [0.25, 0.3) is 10.9 Å². The Morgan fingerprint density at radius 2 is 1.79 bits per heavy atom. The number of benzene rings is 2. The van der Waals surface area contributed by atoms with E-state index in [-0.39, 0.29) is 30.5 Å². The maximum Gasteiger partial charge on any atom is 0.261 e.